The number of amides is 1. The molecular formula is C7H14N2O4S. The zero-order valence-electron chi connectivity index (χ0n) is 7.67. The second kappa shape index (κ2) is 5.84. The quantitative estimate of drug-likeness (QED) is 0.352. The maximum absolute atomic E-state index is 11.1. The highest BCUT2D eigenvalue weighted by Crippen LogP contribution is 1.94. The molecule has 0 fully saturated rings. The summed E-state index contributed by atoms with van der Waals surface area (Å²) in [5.41, 5.74) is 5.30. The summed E-state index contributed by atoms with van der Waals surface area (Å²) in [6, 6.07) is -2.22. The number of nitrogens with one attached hydrogen (secondary N) is 1. The van der Waals surface area contributed by atoms with Gasteiger partial charge in [-0.3, -0.25) is 4.79 Å². The Morgan fingerprint density at radius 1 is 1.57 bits per heavy atom. The fourth-order valence-electron chi connectivity index (χ4n) is 0.732. The molecule has 0 heterocycles. The molecule has 6 nitrogen and oxygen atoms in total. The number of carboxylic acid groups (broad SMARTS) is 1. The third kappa shape index (κ3) is 3.95. The van der Waals surface area contributed by atoms with Gasteiger partial charge in [0.05, 0.1) is 12.1 Å². The van der Waals surface area contributed by atoms with Crippen LogP contribution in [0.1, 0.15) is 6.92 Å². The monoisotopic (exact) mass is 222 g/mol. The second-order valence-corrected chi connectivity index (χ2v) is 3.22. The number of aliphatic carboxylic acids is 1. The van der Waals surface area contributed by atoms with E-state index in [1.54, 1.807) is 0 Å². The predicted octanol–water partition coefficient (Wildman–Crippen LogP) is -1.81. The van der Waals surface area contributed by atoms with Gasteiger partial charge in [-0.15, -0.1) is 0 Å². The van der Waals surface area contributed by atoms with Gasteiger partial charge in [-0.1, -0.05) is 0 Å². The first-order chi connectivity index (χ1) is 6.40. The molecule has 0 aliphatic rings. The largest absolute Gasteiger partial charge is 0.480 e. The number of aliphatic hydroxyl groups is 1. The third-order valence-corrected chi connectivity index (χ3v) is 1.97. The van der Waals surface area contributed by atoms with Gasteiger partial charge in [-0.05, 0) is 6.92 Å². The van der Waals surface area contributed by atoms with Crippen molar-refractivity contribution in [3.8, 4) is 0 Å². The Balaban J connectivity index is 4.31. The van der Waals surface area contributed by atoms with Gasteiger partial charge in [0.1, 0.15) is 0 Å². The lowest BCUT2D eigenvalue weighted by atomic mass is 10.1. The fourth-order valence-corrected chi connectivity index (χ4v) is 0.898. The van der Waals surface area contributed by atoms with Crippen LogP contribution >= 0.6 is 12.6 Å². The molecule has 0 aromatic carbocycles. The summed E-state index contributed by atoms with van der Waals surface area (Å²) < 4.78 is 0. The van der Waals surface area contributed by atoms with Gasteiger partial charge in [0.25, 0.3) is 0 Å². The van der Waals surface area contributed by atoms with Crippen molar-refractivity contribution in [2.24, 2.45) is 5.73 Å². The van der Waals surface area contributed by atoms with Crippen molar-refractivity contribution in [2.75, 3.05) is 5.75 Å². The summed E-state index contributed by atoms with van der Waals surface area (Å²) in [5.74, 6) is -1.84. The zero-order valence-corrected chi connectivity index (χ0v) is 8.57. The summed E-state index contributed by atoms with van der Waals surface area (Å²) in [6.07, 6.45) is -1.18. The SMILES string of the molecule is C[C@H](O)[C@H](NC(=O)[C@@H](N)CS)C(=O)O. The number of carbonyl (C=O) groups is 2. The van der Waals surface area contributed by atoms with E-state index in [1.165, 1.54) is 6.92 Å². The van der Waals surface area contributed by atoms with E-state index in [-0.39, 0.29) is 5.75 Å². The molecule has 82 valence electrons. The summed E-state index contributed by atoms with van der Waals surface area (Å²) in [4.78, 5) is 21.7. The molecule has 3 atom stereocenters. The van der Waals surface area contributed by atoms with Crippen molar-refractivity contribution < 1.29 is 19.8 Å². The standard InChI is InChI=1S/C7H14N2O4S/c1-3(10)5(7(12)13)9-6(11)4(8)2-14/h3-5,10,14H,2,8H2,1H3,(H,9,11)(H,12,13)/t3-,4-,5-/m0/s1. The maximum atomic E-state index is 11.1. The Bertz CT molecular complexity index is 222. The van der Waals surface area contributed by atoms with Crippen molar-refractivity contribution in [1.82, 2.24) is 5.32 Å². The molecule has 0 radical (unpaired) electrons. The smallest absolute Gasteiger partial charge is 0.328 e. The van der Waals surface area contributed by atoms with Gasteiger partial charge < -0.3 is 21.3 Å². The van der Waals surface area contributed by atoms with Crippen LogP contribution < -0.4 is 11.1 Å². The highest BCUT2D eigenvalue weighted by atomic mass is 32.1. The summed E-state index contributed by atoms with van der Waals surface area (Å²) in [5, 5.41) is 19.7. The Morgan fingerprint density at radius 3 is 2.36 bits per heavy atom. The second-order valence-electron chi connectivity index (χ2n) is 2.85. The molecule has 5 N–H and O–H groups in total. The number of hydrogen-bond acceptors (Lipinski definition) is 5. The minimum Gasteiger partial charge on any atom is -0.480 e. The Hall–Kier alpha value is -0.790. The Morgan fingerprint density at radius 2 is 2.07 bits per heavy atom. The average Bonchev–Trinajstić information content (AvgIpc) is 2.11. The molecule has 0 aromatic heterocycles. The van der Waals surface area contributed by atoms with Crippen LogP contribution in [-0.2, 0) is 9.59 Å². The molecule has 0 bridgehead atoms. The summed E-state index contributed by atoms with van der Waals surface area (Å²) in [7, 11) is 0. The van der Waals surface area contributed by atoms with E-state index in [1.807, 2.05) is 0 Å². The van der Waals surface area contributed by atoms with Crippen molar-refractivity contribution >= 4 is 24.5 Å². The van der Waals surface area contributed by atoms with Gasteiger partial charge >= 0.3 is 5.97 Å². The molecule has 0 spiro atoms. The van der Waals surface area contributed by atoms with Crippen molar-refractivity contribution in [3.63, 3.8) is 0 Å². The lowest BCUT2D eigenvalue weighted by Gasteiger charge is -2.18. The molecule has 0 aliphatic heterocycles. The van der Waals surface area contributed by atoms with E-state index in [0.29, 0.717) is 0 Å². The minimum atomic E-state index is -1.34. The lowest BCUT2D eigenvalue weighted by Crippen LogP contribution is -2.53. The first kappa shape index (κ1) is 13.2. The molecule has 7 heteroatoms. The summed E-state index contributed by atoms with van der Waals surface area (Å²) >= 11 is 3.79. The predicted molar refractivity (Wildman–Crippen MR) is 53.1 cm³/mol. The van der Waals surface area contributed by atoms with Crippen LogP contribution in [-0.4, -0.2) is 46.0 Å². The molecule has 14 heavy (non-hydrogen) atoms. The summed E-state index contributed by atoms with van der Waals surface area (Å²) in [6.45, 7) is 1.27. The van der Waals surface area contributed by atoms with Gasteiger partial charge in [-0.25, -0.2) is 4.79 Å². The molecule has 0 rings (SSSR count). The van der Waals surface area contributed by atoms with Crippen molar-refractivity contribution in [2.45, 2.75) is 25.1 Å². The van der Waals surface area contributed by atoms with Crippen molar-refractivity contribution in [3.05, 3.63) is 0 Å². The number of carboxylic acids is 1. The number of aliphatic hydroxyl groups excluding tert-OH is 1. The molecule has 0 aliphatic carbocycles. The molecule has 0 aromatic rings. The molecule has 1 amide bonds. The fraction of sp³-hybridized carbons (Fsp3) is 0.714. The topological polar surface area (TPSA) is 113 Å². The van der Waals surface area contributed by atoms with Crippen LogP contribution in [0.25, 0.3) is 0 Å². The molecule has 0 unspecified atom stereocenters. The minimum absolute atomic E-state index is 0.109. The van der Waals surface area contributed by atoms with Gasteiger partial charge in [0.15, 0.2) is 6.04 Å². The van der Waals surface area contributed by atoms with Crippen LogP contribution in [0.5, 0.6) is 0 Å². The molecule has 0 saturated carbocycles. The number of hydrogen-bond donors (Lipinski definition) is 5. The number of carbonyl (C=O) groups excluding carboxylic acids is 1. The maximum Gasteiger partial charge on any atom is 0.328 e. The zero-order chi connectivity index (χ0) is 11.3. The highest BCUT2D eigenvalue weighted by molar-refractivity contribution is 7.80. The number of rotatable bonds is 5. The van der Waals surface area contributed by atoms with Crippen LogP contribution in [0.3, 0.4) is 0 Å². The van der Waals surface area contributed by atoms with E-state index in [4.69, 9.17) is 15.9 Å². The van der Waals surface area contributed by atoms with Crippen molar-refractivity contribution in [1.29, 1.82) is 0 Å². The first-order valence-electron chi connectivity index (χ1n) is 3.97. The normalized spacial score (nSPS) is 16.9. The lowest BCUT2D eigenvalue weighted by molar-refractivity contribution is -0.144. The van der Waals surface area contributed by atoms with Gasteiger partial charge in [0.2, 0.25) is 5.91 Å². The first-order valence-corrected chi connectivity index (χ1v) is 4.61. The van der Waals surface area contributed by atoms with Gasteiger partial charge in [0, 0.05) is 5.75 Å². The Kier molecular flexibility index (Phi) is 5.51. The van der Waals surface area contributed by atoms with E-state index < -0.39 is 30.1 Å². The Labute approximate surface area is 86.9 Å². The van der Waals surface area contributed by atoms with Gasteiger partial charge in [-0.2, -0.15) is 12.6 Å². The average molecular weight is 222 g/mol. The number of thiol groups is 1. The van der Waals surface area contributed by atoms with Crippen LogP contribution in [0.15, 0.2) is 0 Å². The van der Waals surface area contributed by atoms with Crippen LogP contribution in [0.4, 0.5) is 0 Å². The van der Waals surface area contributed by atoms with E-state index in [2.05, 4.69) is 17.9 Å². The van der Waals surface area contributed by atoms with Crippen LogP contribution in [0, 0.1) is 0 Å². The molecular weight excluding hydrogens is 208 g/mol. The van der Waals surface area contributed by atoms with Crippen LogP contribution in [0.2, 0.25) is 0 Å². The molecule has 0 saturated heterocycles. The van der Waals surface area contributed by atoms with E-state index in [0.717, 1.165) is 0 Å². The third-order valence-electron chi connectivity index (χ3n) is 1.58. The van der Waals surface area contributed by atoms with E-state index >= 15 is 0 Å². The highest BCUT2D eigenvalue weighted by Gasteiger charge is 2.26. The van der Waals surface area contributed by atoms with E-state index in [9.17, 15) is 9.59 Å². The number of nitrogens with two attached hydrogens (primary N) is 1.